The fourth-order valence-corrected chi connectivity index (χ4v) is 1.51. The van der Waals surface area contributed by atoms with E-state index in [0.29, 0.717) is 11.8 Å². The van der Waals surface area contributed by atoms with Gasteiger partial charge in [-0.05, 0) is 11.1 Å². The minimum atomic E-state index is 0.626. The lowest BCUT2D eigenvalue weighted by Crippen LogP contribution is -1.93. The van der Waals surface area contributed by atoms with Crippen molar-refractivity contribution in [3.8, 4) is 11.8 Å². The van der Waals surface area contributed by atoms with Gasteiger partial charge in [-0.15, -0.1) is 0 Å². The molecule has 0 aromatic carbocycles. The molecule has 0 radical (unpaired) electrons. The van der Waals surface area contributed by atoms with Crippen LogP contribution in [0.3, 0.4) is 0 Å². The molecule has 0 saturated heterocycles. The molecular weight excluding hydrogens is 216 g/mol. The summed E-state index contributed by atoms with van der Waals surface area (Å²) in [5.41, 5.74) is 2.25. The van der Waals surface area contributed by atoms with Gasteiger partial charge >= 0.3 is 0 Å². The summed E-state index contributed by atoms with van der Waals surface area (Å²) in [5.74, 6) is 1.25. The fraction of sp³-hybridized carbons (Fsp3) is 0.231. The molecule has 2 aromatic rings. The van der Waals surface area contributed by atoms with Crippen molar-refractivity contribution in [1.29, 1.82) is 0 Å². The quantitative estimate of drug-likeness (QED) is 0.806. The van der Waals surface area contributed by atoms with Crippen LogP contribution in [0.1, 0.15) is 11.1 Å². The molecule has 88 valence electrons. The summed E-state index contributed by atoms with van der Waals surface area (Å²) in [7, 11) is 3.21. The molecule has 0 fully saturated rings. The summed E-state index contributed by atoms with van der Waals surface area (Å²) in [6, 6.07) is 7.70. The number of pyridine rings is 2. The molecule has 0 aliphatic carbocycles. The number of hydrogen-bond acceptors (Lipinski definition) is 4. The monoisotopic (exact) mass is 230 g/mol. The second-order valence-corrected chi connectivity index (χ2v) is 3.59. The summed E-state index contributed by atoms with van der Waals surface area (Å²) in [6.07, 6.45) is 4.42. The number of nitrogens with zero attached hydrogens (tertiary/aromatic N) is 2. The van der Waals surface area contributed by atoms with Gasteiger partial charge in [0.15, 0.2) is 0 Å². The van der Waals surface area contributed by atoms with Crippen molar-refractivity contribution in [2.24, 2.45) is 0 Å². The van der Waals surface area contributed by atoms with Crippen LogP contribution in [0.5, 0.6) is 11.8 Å². The van der Waals surface area contributed by atoms with Crippen LogP contribution in [-0.2, 0) is 6.42 Å². The van der Waals surface area contributed by atoms with Crippen molar-refractivity contribution in [3.63, 3.8) is 0 Å². The van der Waals surface area contributed by atoms with Crippen molar-refractivity contribution < 1.29 is 9.47 Å². The first kappa shape index (κ1) is 11.4. The number of methoxy groups -OCH3 is 2. The van der Waals surface area contributed by atoms with Crippen molar-refractivity contribution in [1.82, 2.24) is 9.97 Å². The molecule has 2 aromatic heterocycles. The van der Waals surface area contributed by atoms with Gasteiger partial charge in [-0.25, -0.2) is 9.97 Å². The van der Waals surface area contributed by atoms with E-state index in [-0.39, 0.29) is 0 Å². The summed E-state index contributed by atoms with van der Waals surface area (Å²) in [6.45, 7) is 0. The highest BCUT2D eigenvalue weighted by molar-refractivity contribution is 5.26. The fourth-order valence-electron chi connectivity index (χ4n) is 1.51. The van der Waals surface area contributed by atoms with E-state index < -0.39 is 0 Å². The Morgan fingerprint density at radius 3 is 1.59 bits per heavy atom. The minimum Gasteiger partial charge on any atom is -0.481 e. The Morgan fingerprint density at radius 1 is 0.824 bits per heavy atom. The molecule has 0 aliphatic heterocycles. The van der Waals surface area contributed by atoms with Gasteiger partial charge in [0.25, 0.3) is 0 Å². The lowest BCUT2D eigenvalue weighted by molar-refractivity contribution is 0.397. The molecule has 0 atom stereocenters. The second-order valence-electron chi connectivity index (χ2n) is 3.59. The predicted octanol–water partition coefficient (Wildman–Crippen LogP) is 2.08. The van der Waals surface area contributed by atoms with Crippen LogP contribution in [0.15, 0.2) is 36.7 Å². The lowest BCUT2D eigenvalue weighted by atomic mass is 10.1. The predicted molar refractivity (Wildman–Crippen MR) is 64.4 cm³/mol. The van der Waals surface area contributed by atoms with E-state index in [4.69, 9.17) is 9.47 Å². The third kappa shape index (κ3) is 2.93. The Kier molecular flexibility index (Phi) is 3.55. The van der Waals surface area contributed by atoms with Crippen molar-refractivity contribution in [2.75, 3.05) is 14.2 Å². The molecule has 0 aliphatic rings. The molecule has 4 heteroatoms. The van der Waals surface area contributed by atoms with Crippen LogP contribution in [0.25, 0.3) is 0 Å². The highest BCUT2D eigenvalue weighted by Crippen LogP contribution is 2.13. The Hall–Kier alpha value is -2.10. The first-order chi connectivity index (χ1) is 8.31. The van der Waals surface area contributed by atoms with Gasteiger partial charge in [0.05, 0.1) is 14.2 Å². The van der Waals surface area contributed by atoms with E-state index in [1.165, 1.54) is 0 Å². The van der Waals surface area contributed by atoms with Crippen LogP contribution in [0.2, 0.25) is 0 Å². The molecule has 0 amide bonds. The van der Waals surface area contributed by atoms with Crippen LogP contribution in [0, 0.1) is 0 Å². The van der Waals surface area contributed by atoms with E-state index >= 15 is 0 Å². The Bertz CT molecular complexity index is 420. The maximum Gasteiger partial charge on any atom is 0.212 e. The third-order valence-electron chi connectivity index (χ3n) is 2.42. The molecule has 0 spiro atoms. The summed E-state index contributed by atoms with van der Waals surface area (Å²) in [5, 5.41) is 0. The van der Waals surface area contributed by atoms with E-state index in [2.05, 4.69) is 9.97 Å². The van der Waals surface area contributed by atoms with Crippen LogP contribution in [0.4, 0.5) is 0 Å². The molecular formula is C13H14N2O2. The average Bonchev–Trinajstić information content (AvgIpc) is 2.40. The van der Waals surface area contributed by atoms with E-state index in [1.807, 2.05) is 36.7 Å². The zero-order valence-corrected chi connectivity index (χ0v) is 9.88. The molecule has 0 saturated carbocycles. The van der Waals surface area contributed by atoms with Crippen LogP contribution < -0.4 is 9.47 Å². The molecule has 17 heavy (non-hydrogen) atoms. The first-order valence-corrected chi connectivity index (χ1v) is 5.29. The molecule has 2 rings (SSSR count). The van der Waals surface area contributed by atoms with Crippen LogP contribution >= 0.6 is 0 Å². The van der Waals surface area contributed by atoms with Gasteiger partial charge in [-0.3, -0.25) is 0 Å². The van der Waals surface area contributed by atoms with Crippen molar-refractivity contribution in [2.45, 2.75) is 6.42 Å². The van der Waals surface area contributed by atoms with E-state index in [9.17, 15) is 0 Å². The van der Waals surface area contributed by atoms with Crippen molar-refractivity contribution in [3.05, 3.63) is 47.8 Å². The van der Waals surface area contributed by atoms with Gasteiger partial charge in [0.2, 0.25) is 11.8 Å². The zero-order valence-electron chi connectivity index (χ0n) is 9.88. The normalized spacial score (nSPS) is 10.0. The number of ether oxygens (including phenoxy) is 2. The highest BCUT2D eigenvalue weighted by atomic mass is 16.5. The standard InChI is InChI=1S/C13H14N2O2/c1-16-12-5-3-10(8-14-12)7-11-4-6-13(17-2)15-9-11/h3-6,8-9H,7H2,1-2H3. The van der Waals surface area contributed by atoms with Crippen LogP contribution in [-0.4, -0.2) is 24.2 Å². The van der Waals surface area contributed by atoms with E-state index in [1.54, 1.807) is 14.2 Å². The Morgan fingerprint density at radius 2 is 1.29 bits per heavy atom. The Balaban J connectivity index is 2.08. The maximum absolute atomic E-state index is 5.01. The first-order valence-electron chi connectivity index (χ1n) is 5.29. The van der Waals surface area contributed by atoms with E-state index in [0.717, 1.165) is 17.5 Å². The minimum absolute atomic E-state index is 0.626. The van der Waals surface area contributed by atoms with Crippen molar-refractivity contribution >= 4 is 0 Å². The lowest BCUT2D eigenvalue weighted by Gasteiger charge is -2.03. The molecule has 0 N–H and O–H groups in total. The highest BCUT2D eigenvalue weighted by Gasteiger charge is 1.99. The average molecular weight is 230 g/mol. The van der Waals surface area contributed by atoms with Gasteiger partial charge in [-0.1, -0.05) is 12.1 Å². The third-order valence-corrected chi connectivity index (χ3v) is 2.42. The topological polar surface area (TPSA) is 44.2 Å². The Labute approximate surface area is 100 Å². The van der Waals surface area contributed by atoms with Gasteiger partial charge in [0, 0.05) is 30.9 Å². The molecule has 4 nitrogen and oxygen atoms in total. The number of rotatable bonds is 4. The molecule has 0 unspecified atom stereocenters. The van der Waals surface area contributed by atoms with Gasteiger partial charge in [0.1, 0.15) is 0 Å². The maximum atomic E-state index is 5.01. The SMILES string of the molecule is COc1ccc(Cc2ccc(OC)nc2)cn1. The largest absolute Gasteiger partial charge is 0.481 e. The number of hydrogen-bond donors (Lipinski definition) is 0. The zero-order chi connectivity index (χ0) is 12.1. The molecule has 0 bridgehead atoms. The summed E-state index contributed by atoms with van der Waals surface area (Å²) < 4.78 is 10.0. The van der Waals surface area contributed by atoms with Gasteiger partial charge < -0.3 is 9.47 Å². The number of aromatic nitrogens is 2. The smallest absolute Gasteiger partial charge is 0.212 e. The molecule has 2 heterocycles. The second kappa shape index (κ2) is 5.30. The van der Waals surface area contributed by atoms with Gasteiger partial charge in [-0.2, -0.15) is 0 Å². The summed E-state index contributed by atoms with van der Waals surface area (Å²) in [4.78, 5) is 8.32. The summed E-state index contributed by atoms with van der Waals surface area (Å²) >= 11 is 0.